The van der Waals surface area contributed by atoms with Gasteiger partial charge < -0.3 is 14.8 Å². The van der Waals surface area contributed by atoms with Gasteiger partial charge in [-0.15, -0.1) is 0 Å². The molecule has 1 aromatic rings. The van der Waals surface area contributed by atoms with Gasteiger partial charge in [-0.3, -0.25) is 4.79 Å². The van der Waals surface area contributed by atoms with E-state index in [4.69, 9.17) is 9.52 Å². The molecule has 8 heteroatoms. The molecule has 0 bridgehead atoms. The van der Waals surface area contributed by atoms with Crippen LogP contribution in [-0.2, 0) is 21.2 Å². The number of rotatable bonds is 4. The number of nitrogens with one attached hydrogen (secondary N) is 1. The van der Waals surface area contributed by atoms with Gasteiger partial charge in [0, 0.05) is 0 Å². The highest BCUT2D eigenvalue weighted by Crippen LogP contribution is 2.19. The summed E-state index contributed by atoms with van der Waals surface area (Å²) < 4.78 is 28.5. The molecule has 0 aliphatic carbocycles. The van der Waals surface area contributed by atoms with Crippen LogP contribution in [0.15, 0.2) is 16.5 Å². The SMILES string of the molecule is O=C(O)c1ccc(CNC(=O)C2CCCCS2(=O)=O)o1. The Balaban J connectivity index is 1.96. The monoisotopic (exact) mass is 301 g/mol. The van der Waals surface area contributed by atoms with Crippen molar-refractivity contribution >= 4 is 21.7 Å². The van der Waals surface area contributed by atoms with Crippen LogP contribution in [0, 0.1) is 0 Å². The maximum atomic E-state index is 11.9. The number of carboxylic acids is 1. The highest BCUT2D eigenvalue weighted by atomic mass is 32.2. The van der Waals surface area contributed by atoms with Crippen molar-refractivity contribution in [2.24, 2.45) is 0 Å². The van der Waals surface area contributed by atoms with Crippen molar-refractivity contribution in [3.05, 3.63) is 23.7 Å². The summed E-state index contributed by atoms with van der Waals surface area (Å²) in [5, 5.41) is 10.2. The molecule has 2 heterocycles. The molecule has 20 heavy (non-hydrogen) atoms. The predicted octanol–water partition coefficient (Wildman–Crippen LogP) is 0.561. The van der Waals surface area contributed by atoms with E-state index < -0.39 is 27.0 Å². The fourth-order valence-electron chi connectivity index (χ4n) is 2.12. The van der Waals surface area contributed by atoms with Gasteiger partial charge in [-0.25, -0.2) is 13.2 Å². The second-order valence-corrected chi connectivity index (χ2v) is 6.94. The van der Waals surface area contributed by atoms with Gasteiger partial charge in [-0.2, -0.15) is 0 Å². The highest BCUT2D eigenvalue weighted by Gasteiger charge is 2.34. The van der Waals surface area contributed by atoms with Gasteiger partial charge in [0.25, 0.3) is 0 Å². The van der Waals surface area contributed by atoms with Crippen LogP contribution in [-0.4, -0.2) is 36.4 Å². The molecule has 1 saturated heterocycles. The number of carbonyl (C=O) groups is 2. The maximum absolute atomic E-state index is 11.9. The summed E-state index contributed by atoms with van der Waals surface area (Å²) in [5.41, 5.74) is 0. The standard InChI is InChI=1S/C12H15NO6S/c14-11(10-3-1-2-6-20(10,17)18)13-7-8-4-5-9(19-8)12(15)16/h4-5,10H,1-3,6-7H2,(H,13,14)(H,15,16). The molecule has 2 N–H and O–H groups in total. The zero-order chi connectivity index (χ0) is 14.8. The Labute approximate surface area is 115 Å². The fourth-order valence-corrected chi connectivity index (χ4v) is 3.95. The molecule has 1 amide bonds. The van der Waals surface area contributed by atoms with E-state index >= 15 is 0 Å². The Morgan fingerprint density at radius 1 is 1.35 bits per heavy atom. The van der Waals surface area contributed by atoms with Crippen molar-refractivity contribution in [3.63, 3.8) is 0 Å². The Hall–Kier alpha value is -1.83. The number of aromatic carboxylic acids is 1. The molecule has 1 atom stereocenters. The van der Waals surface area contributed by atoms with Crippen LogP contribution in [0.3, 0.4) is 0 Å². The quantitative estimate of drug-likeness (QED) is 0.840. The molecule has 0 spiro atoms. The van der Waals surface area contributed by atoms with Crippen molar-refractivity contribution in [1.82, 2.24) is 5.32 Å². The fraction of sp³-hybridized carbons (Fsp3) is 0.500. The lowest BCUT2D eigenvalue weighted by atomic mass is 10.2. The predicted molar refractivity (Wildman–Crippen MR) is 68.9 cm³/mol. The number of hydrogen-bond donors (Lipinski definition) is 2. The summed E-state index contributed by atoms with van der Waals surface area (Å²) in [6.45, 7) is -0.0296. The minimum absolute atomic E-state index is 0.0296. The third kappa shape index (κ3) is 3.19. The Morgan fingerprint density at radius 3 is 2.70 bits per heavy atom. The second kappa shape index (κ2) is 5.66. The molecular formula is C12H15NO6S. The lowest BCUT2D eigenvalue weighted by molar-refractivity contribution is -0.121. The number of hydrogen-bond acceptors (Lipinski definition) is 5. The van der Waals surface area contributed by atoms with Crippen LogP contribution in [0.2, 0.25) is 0 Å². The van der Waals surface area contributed by atoms with E-state index in [1.165, 1.54) is 12.1 Å². The van der Waals surface area contributed by atoms with E-state index in [-0.39, 0.29) is 23.8 Å². The number of carboxylic acid groups (broad SMARTS) is 1. The second-order valence-electron chi connectivity index (χ2n) is 4.64. The van der Waals surface area contributed by atoms with Crippen LogP contribution >= 0.6 is 0 Å². The number of furan rings is 1. The van der Waals surface area contributed by atoms with Crippen LogP contribution in [0.5, 0.6) is 0 Å². The van der Waals surface area contributed by atoms with Crippen molar-refractivity contribution in [3.8, 4) is 0 Å². The minimum Gasteiger partial charge on any atom is -0.475 e. The average Bonchev–Trinajstić information content (AvgIpc) is 2.84. The highest BCUT2D eigenvalue weighted by molar-refractivity contribution is 7.92. The number of carbonyl (C=O) groups excluding carboxylic acids is 1. The van der Waals surface area contributed by atoms with Crippen molar-refractivity contribution < 1.29 is 27.5 Å². The van der Waals surface area contributed by atoms with Gasteiger partial charge >= 0.3 is 5.97 Å². The summed E-state index contributed by atoms with van der Waals surface area (Å²) in [5.74, 6) is -1.67. The topological polar surface area (TPSA) is 114 Å². The molecule has 110 valence electrons. The summed E-state index contributed by atoms with van der Waals surface area (Å²) >= 11 is 0. The normalized spacial score (nSPS) is 21.3. The summed E-state index contributed by atoms with van der Waals surface area (Å²) in [6, 6.07) is 2.71. The summed E-state index contributed by atoms with van der Waals surface area (Å²) in [6.07, 6.45) is 1.63. The van der Waals surface area contributed by atoms with E-state index in [1.54, 1.807) is 0 Å². The van der Waals surface area contributed by atoms with Crippen molar-refractivity contribution in [2.75, 3.05) is 5.75 Å². The molecule has 0 saturated carbocycles. The zero-order valence-corrected chi connectivity index (χ0v) is 11.5. The van der Waals surface area contributed by atoms with Crippen LogP contribution in [0.4, 0.5) is 0 Å². The van der Waals surface area contributed by atoms with E-state index in [1.807, 2.05) is 0 Å². The molecule has 7 nitrogen and oxygen atoms in total. The third-order valence-corrected chi connectivity index (χ3v) is 5.35. The van der Waals surface area contributed by atoms with Gasteiger partial charge in [0.15, 0.2) is 9.84 Å². The summed E-state index contributed by atoms with van der Waals surface area (Å²) in [7, 11) is -3.37. The van der Waals surface area contributed by atoms with Gasteiger partial charge in [0.1, 0.15) is 11.0 Å². The molecule has 0 aromatic carbocycles. The minimum atomic E-state index is -3.37. The van der Waals surface area contributed by atoms with Crippen LogP contribution in [0.25, 0.3) is 0 Å². The van der Waals surface area contributed by atoms with Crippen LogP contribution < -0.4 is 5.32 Å². The maximum Gasteiger partial charge on any atom is 0.371 e. The first-order valence-corrected chi connectivity index (χ1v) is 7.93. The van der Waals surface area contributed by atoms with Gasteiger partial charge in [0.2, 0.25) is 11.7 Å². The molecular weight excluding hydrogens is 286 g/mol. The van der Waals surface area contributed by atoms with E-state index in [2.05, 4.69) is 5.32 Å². The Morgan fingerprint density at radius 2 is 2.10 bits per heavy atom. The lowest BCUT2D eigenvalue weighted by Crippen LogP contribution is -2.42. The van der Waals surface area contributed by atoms with Crippen molar-refractivity contribution in [1.29, 1.82) is 0 Å². The first-order valence-electron chi connectivity index (χ1n) is 6.21. The molecule has 1 aromatic heterocycles. The van der Waals surface area contributed by atoms with Gasteiger partial charge in [-0.05, 0) is 25.0 Å². The molecule has 1 unspecified atom stereocenters. The van der Waals surface area contributed by atoms with E-state index in [0.717, 1.165) is 0 Å². The van der Waals surface area contributed by atoms with Crippen molar-refractivity contribution in [2.45, 2.75) is 31.1 Å². The molecule has 1 fully saturated rings. The Bertz CT molecular complexity index is 618. The first kappa shape index (κ1) is 14.6. The molecule has 1 aliphatic rings. The molecule has 1 aliphatic heterocycles. The lowest BCUT2D eigenvalue weighted by Gasteiger charge is -2.21. The smallest absolute Gasteiger partial charge is 0.371 e. The third-order valence-electron chi connectivity index (χ3n) is 3.18. The number of sulfone groups is 1. The molecule has 0 radical (unpaired) electrons. The zero-order valence-electron chi connectivity index (χ0n) is 10.7. The summed E-state index contributed by atoms with van der Waals surface area (Å²) in [4.78, 5) is 22.5. The largest absolute Gasteiger partial charge is 0.475 e. The van der Waals surface area contributed by atoms with Gasteiger partial charge in [-0.1, -0.05) is 6.42 Å². The average molecular weight is 301 g/mol. The number of amides is 1. The van der Waals surface area contributed by atoms with Gasteiger partial charge in [0.05, 0.1) is 12.3 Å². The van der Waals surface area contributed by atoms with Crippen LogP contribution in [0.1, 0.15) is 35.6 Å². The van der Waals surface area contributed by atoms with E-state index in [9.17, 15) is 18.0 Å². The van der Waals surface area contributed by atoms with E-state index in [0.29, 0.717) is 19.3 Å². The first-order chi connectivity index (χ1) is 9.40. The Kier molecular flexibility index (Phi) is 4.12. The molecule has 2 rings (SSSR count).